The molecule has 162 valence electrons. The largest absolute Gasteiger partial charge is 0.459 e. The molecular weight excluding hydrogens is 394 g/mol. The summed E-state index contributed by atoms with van der Waals surface area (Å²) in [6.45, 7) is 2.79. The van der Waals surface area contributed by atoms with Crippen LogP contribution in [0.4, 0.5) is 17.2 Å². The third kappa shape index (κ3) is 5.03. The minimum Gasteiger partial charge on any atom is -0.459 e. The molecule has 0 saturated heterocycles. The number of aryl methyl sites for hydroxylation is 1. The highest BCUT2D eigenvalue weighted by molar-refractivity contribution is 5.94. The summed E-state index contributed by atoms with van der Waals surface area (Å²) in [5.74, 6) is 1.27. The molecule has 0 aliphatic heterocycles. The number of fused-ring (bicyclic) bond motifs is 1. The van der Waals surface area contributed by atoms with Gasteiger partial charge in [-0.1, -0.05) is 12.1 Å². The molecule has 3 aromatic rings. The summed E-state index contributed by atoms with van der Waals surface area (Å²) in [6.07, 6.45) is 6.17. The number of hydrogen-bond acceptors (Lipinski definition) is 7. The monoisotopic (exact) mass is 421 g/mol. The molecule has 0 aliphatic rings. The molecule has 2 heterocycles. The fraction of sp³-hybridized carbons (Fsp3) is 0.261. The smallest absolute Gasteiger partial charge is 0.246 e. The Bertz CT molecular complexity index is 1120. The Morgan fingerprint density at radius 3 is 2.90 bits per heavy atom. The van der Waals surface area contributed by atoms with Gasteiger partial charge in [0, 0.05) is 56.8 Å². The first-order valence-corrected chi connectivity index (χ1v) is 9.99. The molecule has 8 heteroatoms. The average molecular weight is 422 g/mol. The molecule has 0 radical (unpaired) electrons. The van der Waals surface area contributed by atoms with Crippen LogP contribution in [0.15, 0.2) is 41.0 Å². The van der Waals surface area contributed by atoms with Crippen LogP contribution in [0, 0.1) is 6.92 Å². The lowest BCUT2D eigenvalue weighted by Gasteiger charge is -2.15. The van der Waals surface area contributed by atoms with E-state index < -0.39 is 0 Å². The van der Waals surface area contributed by atoms with E-state index in [4.69, 9.17) is 10.2 Å². The van der Waals surface area contributed by atoms with E-state index in [0.29, 0.717) is 36.6 Å². The van der Waals surface area contributed by atoms with Gasteiger partial charge in [-0.15, -0.1) is 0 Å². The SMILES string of the molecule is CNc1ncc(/C=C/C(=O)N(C)Cc2c(C)oc3c(N)cccc23)cc1NCCC=O. The van der Waals surface area contributed by atoms with Crippen molar-refractivity contribution in [2.24, 2.45) is 0 Å². The van der Waals surface area contributed by atoms with E-state index in [1.54, 1.807) is 37.3 Å². The van der Waals surface area contributed by atoms with Crippen molar-refractivity contribution in [1.29, 1.82) is 0 Å². The Morgan fingerprint density at radius 1 is 1.35 bits per heavy atom. The fourth-order valence-corrected chi connectivity index (χ4v) is 3.29. The van der Waals surface area contributed by atoms with Gasteiger partial charge in [0.25, 0.3) is 0 Å². The second-order valence-corrected chi connectivity index (χ2v) is 7.19. The molecule has 3 rings (SSSR count). The number of amides is 1. The van der Waals surface area contributed by atoms with Crippen molar-refractivity contribution < 1.29 is 14.0 Å². The van der Waals surface area contributed by atoms with Crippen molar-refractivity contribution in [3.63, 3.8) is 0 Å². The quantitative estimate of drug-likeness (QED) is 0.210. The average Bonchev–Trinajstić information content (AvgIpc) is 3.09. The van der Waals surface area contributed by atoms with E-state index in [1.165, 1.54) is 6.08 Å². The number of rotatable bonds is 9. The van der Waals surface area contributed by atoms with E-state index >= 15 is 0 Å². The van der Waals surface area contributed by atoms with Crippen molar-refractivity contribution in [3.05, 3.63) is 53.4 Å². The predicted molar refractivity (Wildman–Crippen MR) is 124 cm³/mol. The highest BCUT2D eigenvalue weighted by Gasteiger charge is 2.16. The fourth-order valence-electron chi connectivity index (χ4n) is 3.29. The van der Waals surface area contributed by atoms with Crippen molar-refractivity contribution in [2.75, 3.05) is 37.0 Å². The Morgan fingerprint density at radius 2 is 2.16 bits per heavy atom. The molecule has 8 nitrogen and oxygen atoms in total. The Kier molecular flexibility index (Phi) is 6.92. The maximum absolute atomic E-state index is 12.7. The summed E-state index contributed by atoms with van der Waals surface area (Å²) < 4.78 is 5.79. The zero-order chi connectivity index (χ0) is 22.4. The number of nitrogens with zero attached hydrogens (tertiary/aromatic N) is 2. The number of hydrogen-bond donors (Lipinski definition) is 3. The van der Waals surface area contributed by atoms with E-state index in [0.717, 1.165) is 34.2 Å². The standard InChI is InChI=1S/C23H27N5O3/c1-15-18(17-6-4-7-19(24)22(17)31-15)14-28(3)21(30)9-8-16-12-20(26-10-5-11-29)23(25-2)27-13-16/h4,6-9,11-13,26H,5,10,14,24H2,1-3H3,(H,25,27)/b9-8+. The molecule has 4 N–H and O–H groups in total. The highest BCUT2D eigenvalue weighted by Crippen LogP contribution is 2.30. The van der Waals surface area contributed by atoms with E-state index in [-0.39, 0.29) is 5.91 Å². The number of aldehydes is 1. The van der Waals surface area contributed by atoms with Gasteiger partial charge in [-0.05, 0) is 30.7 Å². The maximum Gasteiger partial charge on any atom is 0.246 e. The first-order valence-electron chi connectivity index (χ1n) is 9.99. The van der Waals surface area contributed by atoms with E-state index in [2.05, 4.69) is 15.6 Å². The van der Waals surface area contributed by atoms with Gasteiger partial charge in [-0.3, -0.25) is 4.79 Å². The second-order valence-electron chi connectivity index (χ2n) is 7.19. The summed E-state index contributed by atoms with van der Waals surface area (Å²) in [7, 11) is 3.52. The maximum atomic E-state index is 12.7. The molecule has 0 spiro atoms. The number of nitrogen functional groups attached to an aromatic ring is 1. The Balaban J connectivity index is 1.72. The molecule has 0 bridgehead atoms. The van der Waals surface area contributed by atoms with Crippen molar-refractivity contribution in [1.82, 2.24) is 9.88 Å². The molecule has 0 aliphatic carbocycles. The van der Waals surface area contributed by atoms with Crippen molar-refractivity contribution in [3.8, 4) is 0 Å². The Hall–Kier alpha value is -3.81. The minimum absolute atomic E-state index is 0.147. The molecule has 0 saturated carbocycles. The number of nitrogens with one attached hydrogen (secondary N) is 2. The third-order valence-electron chi connectivity index (χ3n) is 4.96. The van der Waals surface area contributed by atoms with Crippen LogP contribution in [0.25, 0.3) is 17.0 Å². The van der Waals surface area contributed by atoms with Crippen LogP contribution >= 0.6 is 0 Å². The van der Waals surface area contributed by atoms with Gasteiger partial charge in [0.2, 0.25) is 5.91 Å². The molecule has 0 unspecified atom stereocenters. The van der Waals surface area contributed by atoms with Crippen molar-refractivity contribution in [2.45, 2.75) is 19.9 Å². The van der Waals surface area contributed by atoms with Gasteiger partial charge in [-0.2, -0.15) is 0 Å². The summed E-state index contributed by atoms with van der Waals surface area (Å²) in [6, 6.07) is 7.49. The van der Waals surface area contributed by atoms with Gasteiger partial charge in [-0.25, -0.2) is 4.98 Å². The molecular formula is C23H27N5O3. The number of carbonyl (C=O) groups is 2. The molecule has 2 aromatic heterocycles. The second kappa shape index (κ2) is 9.80. The van der Waals surface area contributed by atoms with Crippen LogP contribution in [-0.2, 0) is 16.1 Å². The summed E-state index contributed by atoms with van der Waals surface area (Å²) in [5.41, 5.74) is 9.70. The number of anilines is 3. The number of pyridine rings is 1. The molecule has 1 aromatic carbocycles. The van der Waals surface area contributed by atoms with Crippen molar-refractivity contribution >= 4 is 46.4 Å². The van der Waals surface area contributed by atoms with Crippen LogP contribution in [0.3, 0.4) is 0 Å². The summed E-state index contributed by atoms with van der Waals surface area (Å²) >= 11 is 0. The van der Waals surface area contributed by atoms with Gasteiger partial charge < -0.3 is 30.5 Å². The van der Waals surface area contributed by atoms with Crippen LogP contribution in [0.1, 0.15) is 23.3 Å². The number of aromatic nitrogens is 1. The van der Waals surface area contributed by atoms with E-state index in [9.17, 15) is 9.59 Å². The zero-order valence-corrected chi connectivity index (χ0v) is 17.9. The lowest BCUT2D eigenvalue weighted by atomic mass is 10.1. The Labute approximate surface area is 181 Å². The first kappa shape index (κ1) is 21.9. The summed E-state index contributed by atoms with van der Waals surface area (Å²) in [4.78, 5) is 29.2. The number of likely N-dealkylation sites (N-methyl/N-ethyl adjacent to an activating group) is 1. The van der Waals surface area contributed by atoms with Gasteiger partial charge >= 0.3 is 0 Å². The first-order chi connectivity index (χ1) is 14.9. The normalized spacial score (nSPS) is 11.1. The molecule has 31 heavy (non-hydrogen) atoms. The topological polar surface area (TPSA) is 113 Å². The van der Waals surface area contributed by atoms with Crippen LogP contribution in [0.5, 0.6) is 0 Å². The zero-order valence-electron chi connectivity index (χ0n) is 17.9. The lowest BCUT2D eigenvalue weighted by molar-refractivity contribution is -0.125. The lowest BCUT2D eigenvalue weighted by Crippen LogP contribution is -2.24. The number of carbonyl (C=O) groups excluding carboxylic acids is 2. The van der Waals surface area contributed by atoms with E-state index in [1.807, 2.05) is 25.1 Å². The van der Waals surface area contributed by atoms with Crippen LogP contribution in [-0.4, -0.2) is 42.7 Å². The van der Waals surface area contributed by atoms with Gasteiger partial charge in [0.05, 0.1) is 11.4 Å². The van der Waals surface area contributed by atoms with Gasteiger partial charge in [0.15, 0.2) is 5.58 Å². The molecule has 1 amide bonds. The van der Waals surface area contributed by atoms with Gasteiger partial charge in [0.1, 0.15) is 17.9 Å². The summed E-state index contributed by atoms with van der Waals surface area (Å²) in [5, 5.41) is 7.09. The molecule has 0 fully saturated rings. The number of nitrogens with two attached hydrogens (primary N) is 1. The third-order valence-corrected chi connectivity index (χ3v) is 4.96. The minimum atomic E-state index is -0.147. The van der Waals surface area contributed by atoms with Crippen LogP contribution < -0.4 is 16.4 Å². The number of benzene rings is 1. The number of furan rings is 1. The highest BCUT2D eigenvalue weighted by atomic mass is 16.3. The van der Waals surface area contributed by atoms with Crippen LogP contribution in [0.2, 0.25) is 0 Å². The molecule has 0 atom stereocenters. The number of para-hydroxylation sites is 1. The predicted octanol–water partition coefficient (Wildman–Crippen LogP) is 3.43.